The number of amides is 1. The van der Waals surface area contributed by atoms with Gasteiger partial charge in [-0.1, -0.05) is 13.8 Å². The Morgan fingerprint density at radius 2 is 2.24 bits per heavy atom. The summed E-state index contributed by atoms with van der Waals surface area (Å²) in [5, 5.41) is 2.49. The Labute approximate surface area is 122 Å². The summed E-state index contributed by atoms with van der Waals surface area (Å²) in [4.78, 5) is 36.8. The monoisotopic (exact) mass is 309 g/mol. The molecule has 1 amide bonds. The Hall–Kier alpha value is -1.08. The first-order valence-corrected chi connectivity index (χ1v) is 4.76. The minimum atomic E-state index is -0.415. The van der Waals surface area contributed by atoms with Gasteiger partial charge in [0.05, 0.1) is 5.52 Å². The number of imidazole rings is 1. The van der Waals surface area contributed by atoms with Crippen molar-refractivity contribution in [2.45, 2.75) is 13.8 Å². The third-order valence-electron chi connectivity index (χ3n) is 2.01. The average molecular weight is 309 g/mol. The van der Waals surface area contributed by atoms with Crippen molar-refractivity contribution in [3.63, 3.8) is 0 Å². The number of nitrogens with one attached hydrogen (secondary N) is 2. The SMILES string of the molecule is CC(C)C(=O)Nc1nc2[n-]cnc2c(=O)[nH]1.[Y]. The fraction of sp³-hybridized carbons (Fsp3) is 0.333. The van der Waals surface area contributed by atoms with Crippen LogP contribution in [0.25, 0.3) is 11.2 Å². The first-order valence-electron chi connectivity index (χ1n) is 4.76. The van der Waals surface area contributed by atoms with Gasteiger partial charge >= 0.3 is 0 Å². The molecule has 0 spiro atoms. The Kier molecular flexibility index (Phi) is 4.53. The number of fused-ring (bicyclic) bond motifs is 1. The van der Waals surface area contributed by atoms with Crippen LogP contribution in [-0.2, 0) is 37.5 Å². The molecule has 2 heterocycles. The van der Waals surface area contributed by atoms with E-state index in [1.54, 1.807) is 13.8 Å². The van der Waals surface area contributed by atoms with Gasteiger partial charge in [-0.15, -0.1) is 0 Å². The van der Waals surface area contributed by atoms with Crippen LogP contribution in [0.5, 0.6) is 0 Å². The summed E-state index contributed by atoms with van der Waals surface area (Å²) < 4.78 is 0. The molecule has 2 rings (SSSR count). The quantitative estimate of drug-likeness (QED) is 0.804. The van der Waals surface area contributed by atoms with Gasteiger partial charge in [0.15, 0.2) is 0 Å². The second kappa shape index (κ2) is 5.51. The molecule has 2 N–H and O–H groups in total. The van der Waals surface area contributed by atoms with Crippen LogP contribution >= 0.6 is 0 Å². The summed E-state index contributed by atoms with van der Waals surface area (Å²) in [6, 6.07) is 0. The molecule has 2 aromatic heterocycles. The van der Waals surface area contributed by atoms with Crippen molar-refractivity contribution in [2.24, 2.45) is 5.92 Å². The molecule has 87 valence electrons. The second-order valence-electron chi connectivity index (χ2n) is 3.60. The van der Waals surface area contributed by atoms with Crippen molar-refractivity contribution >= 4 is 23.0 Å². The molecule has 0 saturated heterocycles. The van der Waals surface area contributed by atoms with Gasteiger partial charge in [0, 0.05) is 44.3 Å². The van der Waals surface area contributed by atoms with Gasteiger partial charge in [-0.05, 0) is 6.33 Å². The van der Waals surface area contributed by atoms with Gasteiger partial charge in [0.25, 0.3) is 5.56 Å². The molecule has 0 aliphatic heterocycles. The fourth-order valence-electron chi connectivity index (χ4n) is 1.12. The van der Waals surface area contributed by atoms with E-state index in [2.05, 4.69) is 25.3 Å². The number of nitrogens with zero attached hydrogens (tertiary/aromatic N) is 3. The summed E-state index contributed by atoms with van der Waals surface area (Å²) in [5.41, 5.74) is -0.0214. The Balaban J connectivity index is 0.00000144. The van der Waals surface area contributed by atoms with Crippen LogP contribution in [0.1, 0.15) is 13.8 Å². The first-order chi connectivity index (χ1) is 7.58. The van der Waals surface area contributed by atoms with E-state index in [0.717, 1.165) is 0 Å². The summed E-state index contributed by atoms with van der Waals surface area (Å²) in [6.45, 7) is 3.49. The van der Waals surface area contributed by atoms with E-state index in [0.29, 0.717) is 0 Å². The Bertz CT molecular complexity index is 588. The van der Waals surface area contributed by atoms with Crippen LogP contribution in [-0.4, -0.2) is 20.9 Å². The molecule has 0 unspecified atom stereocenters. The standard InChI is InChI=1S/C9H11N5O2.Y/c1-4(2)7(15)13-9-12-6-5(8(16)14-9)10-3-11-6;/h3-4H,1-2H3,(H3,10,11,12,13,14,15,16);/p-1. The van der Waals surface area contributed by atoms with Gasteiger partial charge in [-0.25, -0.2) is 0 Å². The van der Waals surface area contributed by atoms with Crippen LogP contribution in [0.3, 0.4) is 0 Å². The van der Waals surface area contributed by atoms with Crippen molar-refractivity contribution in [3.8, 4) is 0 Å². The summed E-state index contributed by atoms with van der Waals surface area (Å²) in [7, 11) is 0. The van der Waals surface area contributed by atoms with Crippen LogP contribution in [0.2, 0.25) is 0 Å². The van der Waals surface area contributed by atoms with E-state index in [4.69, 9.17) is 0 Å². The zero-order valence-corrected chi connectivity index (χ0v) is 12.2. The maximum atomic E-state index is 11.5. The number of carbonyl (C=O) groups is 1. The smallest absolute Gasteiger partial charge is 0.260 e. The molecule has 0 fully saturated rings. The summed E-state index contributed by atoms with van der Waals surface area (Å²) >= 11 is 0. The molecule has 0 bridgehead atoms. The summed E-state index contributed by atoms with van der Waals surface area (Å²) in [6.07, 6.45) is 1.25. The van der Waals surface area contributed by atoms with Gasteiger partial charge in [0.2, 0.25) is 5.91 Å². The van der Waals surface area contributed by atoms with E-state index in [1.165, 1.54) is 6.33 Å². The third-order valence-corrected chi connectivity index (χ3v) is 2.01. The predicted molar refractivity (Wildman–Crippen MR) is 56.9 cm³/mol. The van der Waals surface area contributed by atoms with E-state index in [9.17, 15) is 9.59 Å². The van der Waals surface area contributed by atoms with Crippen molar-refractivity contribution in [3.05, 3.63) is 16.7 Å². The van der Waals surface area contributed by atoms with Crippen LogP contribution in [0.4, 0.5) is 5.95 Å². The van der Waals surface area contributed by atoms with Crippen LogP contribution < -0.4 is 15.9 Å². The van der Waals surface area contributed by atoms with Crippen LogP contribution in [0, 0.1) is 5.92 Å². The molecular weight excluding hydrogens is 299 g/mol. The zero-order chi connectivity index (χ0) is 11.7. The van der Waals surface area contributed by atoms with E-state index < -0.39 is 5.56 Å². The number of rotatable bonds is 2. The van der Waals surface area contributed by atoms with Gasteiger partial charge in [-0.2, -0.15) is 0 Å². The predicted octanol–water partition coefficient (Wildman–Crippen LogP) is -0.133. The van der Waals surface area contributed by atoms with Crippen LogP contribution in [0.15, 0.2) is 11.1 Å². The maximum Gasteiger partial charge on any atom is 0.260 e. The molecule has 2 aromatic rings. The fourth-order valence-corrected chi connectivity index (χ4v) is 1.12. The van der Waals surface area contributed by atoms with Crippen molar-refractivity contribution in [1.29, 1.82) is 0 Å². The minimum Gasteiger partial charge on any atom is -0.365 e. The van der Waals surface area contributed by atoms with Gasteiger partial charge < -0.3 is 25.3 Å². The molecule has 8 heteroatoms. The van der Waals surface area contributed by atoms with Crippen molar-refractivity contribution in [1.82, 2.24) is 19.9 Å². The van der Waals surface area contributed by atoms with Crippen molar-refractivity contribution in [2.75, 3.05) is 5.32 Å². The molecule has 17 heavy (non-hydrogen) atoms. The molecule has 0 aliphatic rings. The van der Waals surface area contributed by atoms with E-state index in [1.807, 2.05) is 0 Å². The number of aromatic nitrogens is 4. The molecule has 0 aromatic carbocycles. The molecular formula is C9H10N5O2Y-. The number of hydrogen-bond acceptors (Lipinski definition) is 4. The number of carbonyl (C=O) groups excluding carboxylic acids is 1. The average Bonchev–Trinajstić information content (AvgIpc) is 2.65. The van der Waals surface area contributed by atoms with E-state index in [-0.39, 0.29) is 61.6 Å². The van der Waals surface area contributed by atoms with Crippen molar-refractivity contribution < 1.29 is 37.5 Å². The minimum absolute atomic E-state index is 0. The molecule has 0 atom stereocenters. The zero-order valence-electron chi connectivity index (χ0n) is 9.39. The third kappa shape index (κ3) is 2.98. The normalized spacial score (nSPS) is 10.3. The largest absolute Gasteiger partial charge is 0.365 e. The maximum absolute atomic E-state index is 11.5. The molecule has 7 nitrogen and oxygen atoms in total. The molecule has 0 saturated carbocycles. The number of H-pyrrole nitrogens is 1. The summed E-state index contributed by atoms with van der Waals surface area (Å²) in [5.74, 6) is -0.314. The topological polar surface area (TPSA) is 102 Å². The number of hydrogen-bond donors (Lipinski definition) is 2. The first kappa shape index (κ1) is 14.0. The second-order valence-corrected chi connectivity index (χ2v) is 3.60. The van der Waals surface area contributed by atoms with Gasteiger partial charge in [0.1, 0.15) is 5.95 Å². The Morgan fingerprint density at radius 1 is 1.53 bits per heavy atom. The van der Waals surface area contributed by atoms with E-state index >= 15 is 0 Å². The number of anilines is 1. The molecule has 0 aliphatic carbocycles. The molecule has 1 radical (unpaired) electrons. The van der Waals surface area contributed by atoms with Gasteiger partial charge in [-0.3, -0.25) is 9.59 Å². The Morgan fingerprint density at radius 3 is 2.88 bits per heavy atom. The number of aromatic amines is 1.